The van der Waals surface area contributed by atoms with Gasteiger partial charge in [-0.25, -0.2) is 4.39 Å². The molecular weight excluding hydrogens is 189 g/mol. The fraction of sp³-hybridized carbons (Fsp3) is 0.0769. The first-order valence-corrected chi connectivity index (χ1v) is 4.77. The van der Waals surface area contributed by atoms with E-state index in [0.29, 0.717) is 5.56 Å². The van der Waals surface area contributed by atoms with Gasteiger partial charge in [0.25, 0.3) is 0 Å². The molecule has 0 aliphatic heterocycles. The molecule has 1 heterocycles. The molecule has 1 aromatic heterocycles. The quantitative estimate of drug-likeness (QED) is 0.725. The van der Waals surface area contributed by atoms with Gasteiger partial charge in [0.1, 0.15) is 5.82 Å². The molecule has 0 aliphatic rings. The van der Waals surface area contributed by atoms with Crippen molar-refractivity contribution in [3.05, 3.63) is 71.7 Å². The lowest BCUT2D eigenvalue weighted by atomic mass is 10.1. The summed E-state index contributed by atoms with van der Waals surface area (Å²) < 4.78 is 13.0. The maximum atomic E-state index is 13.0. The van der Waals surface area contributed by atoms with Gasteiger partial charge in [0.05, 0.1) is 0 Å². The highest BCUT2D eigenvalue weighted by atomic mass is 19.1. The van der Waals surface area contributed by atoms with Crippen molar-refractivity contribution < 1.29 is 4.39 Å². The molecule has 0 atom stereocenters. The summed E-state index contributed by atoms with van der Waals surface area (Å²) in [5.41, 5.74) is 2.50. The van der Waals surface area contributed by atoms with Gasteiger partial charge in [-0.15, -0.1) is 0 Å². The summed E-state index contributed by atoms with van der Waals surface area (Å²) in [4.78, 5) is 4.18. The van der Waals surface area contributed by atoms with Gasteiger partial charge in [0.15, 0.2) is 0 Å². The molecule has 0 N–H and O–H groups in total. The third-order valence-electron chi connectivity index (χ3n) is 2.18. The van der Waals surface area contributed by atoms with E-state index in [9.17, 15) is 4.39 Å². The van der Waals surface area contributed by atoms with Crippen LogP contribution in [0, 0.1) is 19.2 Å². The molecule has 75 valence electrons. The molecule has 2 heteroatoms. The second kappa shape index (κ2) is 4.22. The zero-order chi connectivity index (χ0) is 10.7. The number of aryl methyl sites for hydroxylation is 1. The van der Waals surface area contributed by atoms with Crippen molar-refractivity contribution in [2.75, 3.05) is 0 Å². The molecule has 0 amide bonds. The Morgan fingerprint density at radius 3 is 2.73 bits per heavy atom. The molecule has 2 aromatic rings. The SMILES string of the molecule is Cc1cc([CH]c2ccccn2)ccc1F. The molecule has 2 rings (SSSR count). The van der Waals surface area contributed by atoms with Crippen LogP contribution < -0.4 is 0 Å². The number of benzene rings is 1. The smallest absolute Gasteiger partial charge is 0.126 e. The largest absolute Gasteiger partial charge is 0.261 e. The third-order valence-corrected chi connectivity index (χ3v) is 2.18. The highest BCUT2D eigenvalue weighted by molar-refractivity contribution is 5.35. The van der Waals surface area contributed by atoms with Gasteiger partial charge in [0.2, 0.25) is 0 Å². The van der Waals surface area contributed by atoms with Gasteiger partial charge in [0, 0.05) is 18.3 Å². The van der Waals surface area contributed by atoms with Gasteiger partial charge in [-0.05, 0) is 36.2 Å². The zero-order valence-corrected chi connectivity index (χ0v) is 8.44. The van der Waals surface area contributed by atoms with Crippen LogP contribution in [0.1, 0.15) is 16.8 Å². The number of aromatic nitrogens is 1. The average Bonchev–Trinajstić information content (AvgIpc) is 2.25. The summed E-state index contributed by atoms with van der Waals surface area (Å²) in [7, 11) is 0. The van der Waals surface area contributed by atoms with Gasteiger partial charge in [-0.3, -0.25) is 4.98 Å². The first kappa shape index (κ1) is 9.84. The number of halogens is 1. The maximum Gasteiger partial charge on any atom is 0.126 e. The molecule has 0 saturated carbocycles. The van der Waals surface area contributed by atoms with Gasteiger partial charge in [-0.1, -0.05) is 18.2 Å². The van der Waals surface area contributed by atoms with Crippen molar-refractivity contribution >= 4 is 0 Å². The van der Waals surface area contributed by atoms with Crippen LogP contribution in [-0.2, 0) is 0 Å². The molecule has 1 aromatic carbocycles. The van der Waals surface area contributed by atoms with Crippen LogP contribution in [0.5, 0.6) is 0 Å². The Hall–Kier alpha value is -1.70. The molecular formula is C13H11FN. The normalized spacial score (nSPS) is 10.3. The van der Waals surface area contributed by atoms with Crippen LogP contribution >= 0.6 is 0 Å². The Bertz CT molecular complexity index is 451. The average molecular weight is 200 g/mol. The fourth-order valence-corrected chi connectivity index (χ4v) is 1.39. The Morgan fingerprint density at radius 2 is 2.07 bits per heavy atom. The Balaban J connectivity index is 2.22. The van der Waals surface area contributed by atoms with Crippen LogP contribution in [-0.4, -0.2) is 4.98 Å². The lowest BCUT2D eigenvalue weighted by Crippen LogP contribution is -1.90. The molecule has 15 heavy (non-hydrogen) atoms. The van der Waals surface area contributed by atoms with Crippen LogP contribution in [0.15, 0.2) is 42.6 Å². The summed E-state index contributed by atoms with van der Waals surface area (Å²) in [6.45, 7) is 1.76. The first-order chi connectivity index (χ1) is 7.25. The van der Waals surface area contributed by atoms with E-state index in [4.69, 9.17) is 0 Å². The molecule has 0 aliphatic carbocycles. The van der Waals surface area contributed by atoms with Crippen LogP contribution in [0.4, 0.5) is 4.39 Å². The van der Waals surface area contributed by atoms with E-state index in [0.717, 1.165) is 11.3 Å². The van der Waals surface area contributed by atoms with Crippen LogP contribution in [0.3, 0.4) is 0 Å². The zero-order valence-electron chi connectivity index (χ0n) is 8.44. The predicted octanol–water partition coefficient (Wildman–Crippen LogP) is 3.13. The molecule has 0 spiro atoms. The number of nitrogens with zero attached hydrogens (tertiary/aromatic N) is 1. The summed E-state index contributed by atoms with van der Waals surface area (Å²) in [5, 5.41) is 0. The van der Waals surface area contributed by atoms with Gasteiger partial charge >= 0.3 is 0 Å². The lowest BCUT2D eigenvalue weighted by molar-refractivity contribution is 0.618. The summed E-state index contributed by atoms with van der Waals surface area (Å²) in [6.07, 6.45) is 3.66. The summed E-state index contributed by atoms with van der Waals surface area (Å²) >= 11 is 0. The van der Waals surface area contributed by atoms with Crippen molar-refractivity contribution in [3.8, 4) is 0 Å². The van der Waals surface area contributed by atoms with Crippen molar-refractivity contribution in [2.45, 2.75) is 6.92 Å². The minimum Gasteiger partial charge on any atom is -0.261 e. The second-order valence-corrected chi connectivity index (χ2v) is 3.41. The van der Waals surface area contributed by atoms with Gasteiger partial charge in [-0.2, -0.15) is 0 Å². The molecule has 1 nitrogen and oxygen atoms in total. The molecule has 0 bridgehead atoms. The topological polar surface area (TPSA) is 12.9 Å². The van der Waals surface area contributed by atoms with E-state index >= 15 is 0 Å². The fourth-order valence-electron chi connectivity index (χ4n) is 1.39. The lowest BCUT2D eigenvalue weighted by Gasteiger charge is -2.02. The van der Waals surface area contributed by atoms with Crippen molar-refractivity contribution in [2.24, 2.45) is 0 Å². The molecule has 0 fully saturated rings. The van der Waals surface area contributed by atoms with E-state index in [1.807, 2.05) is 30.7 Å². The van der Waals surface area contributed by atoms with E-state index in [1.54, 1.807) is 19.2 Å². The standard InChI is InChI=1S/C13H11FN/c1-10-8-11(5-6-13(10)14)9-12-4-2-3-7-15-12/h2-9H,1H3. The maximum absolute atomic E-state index is 13.0. The van der Waals surface area contributed by atoms with E-state index in [-0.39, 0.29) is 5.82 Å². The monoisotopic (exact) mass is 200 g/mol. The highest BCUT2D eigenvalue weighted by Gasteiger charge is 2.01. The van der Waals surface area contributed by atoms with Crippen molar-refractivity contribution in [3.63, 3.8) is 0 Å². The minimum absolute atomic E-state index is 0.173. The first-order valence-electron chi connectivity index (χ1n) is 4.77. The molecule has 0 unspecified atom stereocenters. The number of hydrogen-bond acceptors (Lipinski definition) is 1. The minimum atomic E-state index is -0.173. The van der Waals surface area contributed by atoms with E-state index < -0.39 is 0 Å². The molecule has 1 radical (unpaired) electrons. The Morgan fingerprint density at radius 1 is 1.20 bits per heavy atom. The van der Waals surface area contributed by atoms with Gasteiger partial charge < -0.3 is 0 Å². The molecule has 0 saturated heterocycles. The second-order valence-electron chi connectivity index (χ2n) is 3.41. The Labute approximate surface area is 88.6 Å². The van der Waals surface area contributed by atoms with Crippen LogP contribution in [0.25, 0.3) is 0 Å². The van der Waals surface area contributed by atoms with Crippen molar-refractivity contribution in [1.29, 1.82) is 0 Å². The van der Waals surface area contributed by atoms with E-state index in [2.05, 4.69) is 4.98 Å². The summed E-state index contributed by atoms with van der Waals surface area (Å²) in [5.74, 6) is -0.173. The third kappa shape index (κ3) is 2.40. The summed E-state index contributed by atoms with van der Waals surface area (Å²) in [6, 6.07) is 10.7. The highest BCUT2D eigenvalue weighted by Crippen LogP contribution is 2.13. The van der Waals surface area contributed by atoms with Crippen LogP contribution in [0.2, 0.25) is 0 Å². The Kier molecular flexibility index (Phi) is 2.77. The predicted molar refractivity (Wildman–Crippen MR) is 57.9 cm³/mol. The number of pyridine rings is 1. The van der Waals surface area contributed by atoms with E-state index in [1.165, 1.54) is 6.07 Å². The number of hydrogen-bond donors (Lipinski definition) is 0. The van der Waals surface area contributed by atoms with Crippen molar-refractivity contribution in [1.82, 2.24) is 4.98 Å². The number of rotatable bonds is 2.